The van der Waals surface area contributed by atoms with E-state index in [4.69, 9.17) is 4.74 Å². The highest BCUT2D eigenvalue weighted by atomic mass is 16.5. The van der Waals surface area contributed by atoms with Gasteiger partial charge in [0.15, 0.2) is 0 Å². The van der Waals surface area contributed by atoms with Crippen LogP contribution in [0.3, 0.4) is 0 Å². The van der Waals surface area contributed by atoms with Crippen LogP contribution in [0.25, 0.3) is 0 Å². The molecule has 1 fully saturated rings. The first-order valence-corrected chi connectivity index (χ1v) is 10.6. The number of rotatable bonds is 8. The van der Waals surface area contributed by atoms with Gasteiger partial charge in [0, 0.05) is 38.4 Å². The molecule has 5 heteroatoms. The highest BCUT2D eigenvalue weighted by Crippen LogP contribution is 2.18. The van der Waals surface area contributed by atoms with Crippen LogP contribution in [0.15, 0.2) is 54.6 Å². The van der Waals surface area contributed by atoms with Gasteiger partial charge in [-0.05, 0) is 42.7 Å². The Morgan fingerprint density at radius 2 is 1.62 bits per heavy atom. The van der Waals surface area contributed by atoms with Gasteiger partial charge in [-0.15, -0.1) is 0 Å². The van der Waals surface area contributed by atoms with Gasteiger partial charge in [-0.3, -0.25) is 14.6 Å². The summed E-state index contributed by atoms with van der Waals surface area (Å²) in [7, 11) is 0. The number of nitrogens with zero attached hydrogens (tertiary/aromatic N) is 2. The maximum atomic E-state index is 12.7. The lowest BCUT2D eigenvalue weighted by molar-refractivity contribution is -0.121. The van der Waals surface area contributed by atoms with Gasteiger partial charge in [0.25, 0.3) is 0 Å². The van der Waals surface area contributed by atoms with Gasteiger partial charge in [0.1, 0.15) is 12.4 Å². The van der Waals surface area contributed by atoms with Crippen LogP contribution in [-0.2, 0) is 4.79 Å². The number of benzene rings is 2. The van der Waals surface area contributed by atoms with E-state index in [0.717, 1.165) is 44.2 Å². The minimum absolute atomic E-state index is 0.0585. The molecule has 1 aliphatic rings. The highest BCUT2D eigenvalue weighted by molar-refractivity contribution is 5.94. The number of piperazine rings is 1. The Balaban J connectivity index is 1.39. The maximum Gasteiger partial charge on any atom is 0.241 e. The minimum atomic E-state index is -0.137. The zero-order chi connectivity index (χ0) is 20.6. The van der Waals surface area contributed by atoms with Gasteiger partial charge in [-0.2, -0.15) is 0 Å². The molecule has 0 radical (unpaired) electrons. The van der Waals surface area contributed by atoms with Gasteiger partial charge < -0.3 is 10.1 Å². The van der Waals surface area contributed by atoms with E-state index in [1.165, 1.54) is 5.56 Å². The SMILES string of the molecule is CC(C)c1ccc(NC(=O)[C@@H](C)N2CCN(CCOc3ccccc3)CC2)cc1. The van der Waals surface area contributed by atoms with Crippen molar-refractivity contribution in [2.45, 2.75) is 32.7 Å². The first-order valence-electron chi connectivity index (χ1n) is 10.6. The molecule has 1 heterocycles. The molecule has 0 aromatic heterocycles. The van der Waals surface area contributed by atoms with Gasteiger partial charge in [-0.25, -0.2) is 0 Å². The first-order chi connectivity index (χ1) is 14.0. The van der Waals surface area contributed by atoms with E-state index in [2.05, 4.69) is 41.1 Å². The van der Waals surface area contributed by atoms with Crippen LogP contribution in [0.2, 0.25) is 0 Å². The molecule has 1 amide bonds. The normalized spacial score (nSPS) is 16.6. The van der Waals surface area contributed by atoms with Crippen LogP contribution < -0.4 is 10.1 Å². The average molecular weight is 396 g/mol. The van der Waals surface area contributed by atoms with Gasteiger partial charge >= 0.3 is 0 Å². The standard InChI is InChI=1S/C24H33N3O2/c1-19(2)21-9-11-22(12-10-21)25-24(28)20(3)27-15-13-26(14-16-27)17-18-29-23-7-5-4-6-8-23/h4-12,19-20H,13-18H2,1-3H3,(H,25,28)/t20-/m1/s1. The van der Waals surface area contributed by atoms with Crippen LogP contribution in [0, 0.1) is 0 Å². The number of amides is 1. The van der Waals surface area contributed by atoms with Gasteiger partial charge in [0.05, 0.1) is 6.04 Å². The second-order valence-corrected chi connectivity index (χ2v) is 7.98. The average Bonchev–Trinajstić information content (AvgIpc) is 2.75. The predicted octanol–water partition coefficient (Wildman–Crippen LogP) is 3.83. The fourth-order valence-electron chi connectivity index (χ4n) is 3.55. The quantitative estimate of drug-likeness (QED) is 0.738. The van der Waals surface area contributed by atoms with Crippen molar-refractivity contribution in [3.63, 3.8) is 0 Å². The van der Waals surface area contributed by atoms with Crippen LogP contribution in [0.5, 0.6) is 5.75 Å². The molecule has 156 valence electrons. The Bertz CT molecular complexity index is 753. The summed E-state index contributed by atoms with van der Waals surface area (Å²) in [4.78, 5) is 17.3. The lowest BCUT2D eigenvalue weighted by Crippen LogP contribution is -2.53. The molecule has 3 rings (SSSR count). The van der Waals surface area contributed by atoms with Crippen LogP contribution in [0.4, 0.5) is 5.69 Å². The van der Waals surface area contributed by atoms with Crippen molar-refractivity contribution in [3.05, 3.63) is 60.2 Å². The number of carbonyl (C=O) groups is 1. The number of hydrogen-bond donors (Lipinski definition) is 1. The fraction of sp³-hybridized carbons (Fsp3) is 0.458. The molecule has 0 saturated carbocycles. The molecule has 29 heavy (non-hydrogen) atoms. The van der Waals surface area contributed by atoms with Gasteiger partial charge in [-0.1, -0.05) is 44.2 Å². The summed E-state index contributed by atoms with van der Waals surface area (Å²) in [5, 5.41) is 3.05. The summed E-state index contributed by atoms with van der Waals surface area (Å²) in [5.74, 6) is 1.47. The van der Waals surface area contributed by atoms with Crippen molar-refractivity contribution >= 4 is 11.6 Å². The molecule has 0 aliphatic carbocycles. The monoisotopic (exact) mass is 395 g/mol. The summed E-state index contributed by atoms with van der Waals surface area (Å²) in [6, 6.07) is 17.9. The molecule has 2 aromatic carbocycles. The number of anilines is 1. The summed E-state index contributed by atoms with van der Waals surface area (Å²) in [6.45, 7) is 11.6. The summed E-state index contributed by atoms with van der Waals surface area (Å²) in [5.41, 5.74) is 2.14. The Morgan fingerprint density at radius 1 is 0.966 bits per heavy atom. The van der Waals surface area contributed by atoms with Crippen molar-refractivity contribution in [1.82, 2.24) is 9.80 Å². The second kappa shape index (κ2) is 10.4. The Hall–Kier alpha value is -2.37. The molecule has 0 bridgehead atoms. The maximum absolute atomic E-state index is 12.7. The zero-order valence-corrected chi connectivity index (χ0v) is 17.8. The molecule has 0 spiro atoms. The topological polar surface area (TPSA) is 44.8 Å². The lowest BCUT2D eigenvalue weighted by atomic mass is 10.0. The largest absolute Gasteiger partial charge is 0.492 e. The minimum Gasteiger partial charge on any atom is -0.492 e. The van der Waals surface area contributed by atoms with Gasteiger partial charge in [0.2, 0.25) is 5.91 Å². The number of carbonyl (C=O) groups excluding carboxylic acids is 1. The van der Waals surface area contributed by atoms with Crippen LogP contribution in [-0.4, -0.2) is 61.1 Å². The van der Waals surface area contributed by atoms with Crippen molar-refractivity contribution in [1.29, 1.82) is 0 Å². The number of ether oxygens (including phenoxy) is 1. The molecule has 0 unspecified atom stereocenters. The van der Waals surface area contributed by atoms with E-state index in [0.29, 0.717) is 12.5 Å². The second-order valence-electron chi connectivity index (χ2n) is 7.98. The van der Waals surface area contributed by atoms with E-state index in [1.807, 2.05) is 49.4 Å². The third-order valence-electron chi connectivity index (χ3n) is 5.60. The lowest BCUT2D eigenvalue weighted by Gasteiger charge is -2.37. The summed E-state index contributed by atoms with van der Waals surface area (Å²) < 4.78 is 5.79. The molecule has 1 saturated heterocycles. The van der Waals surface area contributed by atoms with E-state index >= 15 is 0 Å². The zero-order valence-electron chi connectivity index (χ0n) is 17.8. The predicted molar refractivity (Wildman–Crippen MR) is 119 cm³/mol. The molecule has 2 aromatic rings. The van der Waals surface area contributed by atoms with E-state index < -0.39 is 0 Å². The third kappa shape index (κ3) is 6.31. The van der Waals surface area contributed by atoms with E-state index in [9.17, 15) is 4.79 Å². The Kier molecular flexibility index (Phi) is 7.67. The van der Waals surface area contributed by atoms with Crippen molar-refractivity contribution in [3.8, 4) is 5.75 Å². The number of nitrogens with one attached hydrogen (secondary N) is 1. The Labute approximate surface area is 174 Å². The van der Waals surface area contributed by atoms with E-state index in [-0.39, 0.29) is 11.9 Å². The molecule has 1 N–H and O–H groups in total. The van der Waals surface area contributed by atoms with Crippen molar-refractivity contribution in [2.24, 2.45) is 0 Å². The molecular weight excluding hydrogens is 362 g/mol. The molecular formula is C24H33N3O2. The first kappa shape index (κ1) is 21.3. The van der Waals surface area contributed by atoms with Crippen LogP contribution >= 0.6 is 0 Å². The number of hydrogen-bond acceptors (Lipinski definition) is 4. The molecule has 5 nitrogen and oxygen atoms in total. The fourth-order valence-corrected chi connectivity index (χ4v) is 3.55. The molecule has 1 aliphatic heterocycles. The number of para-hydroxylation sites is 1. The van der Waals surface area contributed by atoms with Crippen molar-refractivity contribution in [2.75, 3.05) is 44.6 Å². The third-order valence-corrected chi connectivity index (χ3v) is 5.60. The van der Waals surface area contributed by atoms with E-state index in [1.54, 1.807) is 0 Å². The van der Waals surface area contributed by atoms with Crippen molar-refractivity contribution < 1.29 is 9.53 Å². The molecule has 1 atom stereocenters. The smallest absolute Gasteiger partial charge is 0.241 e. The summed E-state index contributed by atoms with van der Waals surface area (Å²) in [6.07, 6.45) is 0. The highest BCUT2D eigenvalue weighted by Gasteiger charge is 2.25. The van der Waals surface area contributed by atoms with Crippen LogP contribution in [0.1, 0.15) is 32.3 Å². The summed E-state index contributed by atoms with van der Waals surface area (Å²) >= 11 is 0. The Morgan fingerprint density at radius 3 is 2.24 bits per heavy atom.